The first kappa shape index (κ1) is 47.3. The van der Waals surface area contributed by atoms with Gasteiger partial charge in [-0.1, -0.05) is 78.3 Å². The molecule has 10 N–H and O–H groups in total. The highest BCUT2D eigenvalue weighted by molar-refractivity contribution is 5.98. The van der Waals surface area contributed by atoms with E-state index in [0.29, 0.717) is 31.4 Å². The summed E-state index contributed by atoms with van der Waals surface area (Å²) < 4.78 is 0. The number of likely N-dealkylation sites (tertiary alicyclic amines) is 1. The molecule has 17 nitrogen and oxygen atoms in total. The van der Waals surface area contributed by atoms with Gasteiger partial charge in [0.1, 0.15) is 30.3 Å². The van der Waals surface area contributed by atoms with Crippen molar-refractivity contribution in [2.75, 3.05) is 13.1 Å². The second-order valence-corrected chi connectivity index (χ2v) is 15.4. The van der Waals surface area contributed by atoms with E-state index in [2.05, 4.69) is 26.6 Å². The summed E-state index contributed by atoms with van der Waals surface area (Å²) in [5.74, 6) is -6.13. The Labute approximate surface area is 329 Å². The molecule has 8 atom stereocenters. The number of carbonyl (C=O) groups is 8. The summed E-state index contributed by atoms with van der Waals surface area (Å²) in [6, 6.07) is 2.12. The summed E-state index contributed by atoms with van der Waals surface area (Å²) in [4.78, 5) is 105. The van der Waals surface area contributed by atoms with Gasteiger partial charge in [-0.3, -0.25) is 43.3 Å². The molecule has 1 aromatic rings. The van der Waals surface area contributed by atoms with E-state index < -0.39 is 95.9 Å². The van der Waals surface area contributed by atoms with Crippen LogP contribution in [0.5, 0.6) is 0 Å². The molecule has 17 heteroatoms. The molecule has 1 saturated heterocycles. The van der Waals surface area contributed by atoms with Gasteiger partial charge in [-0.25, -0.2) is 0 Å². The van der Waals surface area contributed by atoms with Crippen LogP contribution in [0.4, 0.5) is 0 Å². The lowest BCUT2D eigenvalue weighted by atomic mass is 9.96. The molecule has 0 aliphatic carbocycles. The van der Waals surface area contributed by atoms with Crippen molar-refractivity contribution in [2.45, 2.75) is 129 Å². The monoisotopic (exact) mass is 786 g/mol. The van der Waals surface area contributed by atoms with Crippen LogP contribution >= 0.6 is 0 Å². The lowest BCUT2D eigenvalue weighted by Crippen LogP contribution is -2.59. The number of primary amides is 2. The van der Waals surface area contributed by atoms with Crippen molar-refractivity contribution >= 4 is 47.1 Å². The average molecular weight is 787 g/mol. The molecule has 56 heavy (non-hydrogen) atoms. The molecule has 0 saturated carbocycles. The second-order valence-electron chi connectivity index (χ2n) is 15.4. The molecule has 1 aliphatic heterocycles. The number of nitrogens with zero attached hydrogens (tertiary/aromatic N) is 1. The van der Waals surface area contributed by atoms with Gasteiger partial charge in [-0.2, -0.15) is 0 Å². The van der Waals surface area contributed by atoms with Crippen LogP contribution < -0.4 is 38.1 Å². The number of ketones is 1. The highest BCUT2D eigenvalue weighted by Gasteiger charge is 2.39. The van der Waals surface area contributed by atoms with E-state index in [-0.39, 0.29) is 37.1 Å². The third-order valence-electron chi connectivity index (χ3n) is 9.85. The van der Waals surface area contributed by atoms with Gasteiger partial charge in [0.25, 0.3) is 0 Å². The summed E-state index contributed by atoms with van der Waals surface area (Å²) in [5.41, 5.74) is 11.6. The number of Topliss-reactive ketones (excluding diaryl/α,β-unsaturated/α-hetero) is 1. The van der Waals surface area contributed by atoms with E-state index >= 15 is 0 Å². The number of nitrogens with two attached hydrogens (primary N) is 2. The predicted molar refractivity (Wildman–Crippen MR) is 208 cm³/mol. The Morgan fingerprint density at radius 2 is 1.41 bits per heavy atom. The summed E-state index contributed by atoms with van der Waals surface area (Å²) >= 11 is 0. The van der Waals surface area contributed by atoms with Crippen LogP contribution in [0.15, 0.2) is 30.3 Å². The topological polar surface area (TPSA) is 272 Å². The van der Waals surface area contributed by atoms with Crippen LogP contribution in [-0.2, 0) is 44.8 Å². The molecule has 1 fully saturated rings. The van der Waals surface area contributed by atoms with Gasteiger partial charge in [-0.15, -0.1) is 0 Å². The normalized spacial score (nSPS) is 18.1. The smallest absolute Gasteiger partial charge is 0.243 e. The number of hydrogen-bond donors (Lipinski definition) is 8. The predicted octanol–water partition coefficient (Wildman–Crippen LogP) is -0.824. The fourth-order valence-corrected chi connectivity index (χ4v) is 6.62. The fraction of sp³-hybridized carbons (Fsp3) is 0.641. The molecular formula is C39H62N8O9. The van der Waals surface area contributed by atoms with Crippen LogP contribution in [0.1, 0.15) is 86.1 Å². The Balaban J connectivity index is 2.30. The number of aliphatic hydroxyl groups excluding tert-OH is 1. The fourth-order valence-electron chi connectivity index (χ4n) is 6.62. The quantitative estimate of drug-likeness (QED) is 0.0683. The third kappa shape index (κ3) is 15.0. The summed E-state index contributed by atoms with van der Waals surface area (Å²) in [6.07, 6.45) is -0.631. The maximum Gasteiger partial charge on any atom is 0.243 e. The number of nitrogens with one attached hydrogen (secondary N) is 5. The Kier molecular flexibility index (Phi) is 19.1. The molecular weight excluding hydrogens is 724 g/mol. The zero-order valence-electron chi connectivity index (χ0n) is 33.6. The Hall–Kier alpha value is -4.90. The molecule has 0 bridgehead atoms. The van der Waals surface area contributed by atoms with Crippen molar-refractivity contribution in [3.8, 4) is 0 Å². The van der Waals surface area contributed by atoms with Gasteiger partial charge < -0.3 is 43.2 Å². The summed E-state index contributed by atoms with van der Waals surface area (Å²) in [6.45, 7) is 12.1. The van der Waals surface area contributed by atoms with Gasteiger partial charge in [-0.05, 0) is 55.5 Å². The summed E-state index contributed by atoms with van der Waals surface area (Å²) in [5, 5.41) is 24.4. The number of aliphatic hydroxyl groups is 1. The van der Waals surface area contributed by atoms with E-state index in [4.69, 9.17) is 11.5 Å². The zero-order valence-corrected chi connectivity index (χ0v) is 33.6. The molecule has 0 radical (unpaired) electrons. The lowest BCUT2D eigenvalue weighted by molar-refractivity contribution is -0.137. The van der Waals surface area contributed by atoms with Gasteiger partial charge in [0.05, 0.1) is 18.5 Å². The maximum atomic E-state index is 14.0. The minimum Gasteiger partial charge on any atom is -0.384 e. The van der Waals surface area contributed by atoms with Gasteiger partial charge in [0.15, 0.2) is 5.78 Å². The Morgan fingerprint density at radius 1 is 0.804 bits per heavy atom. The first-order valence-electron chi connectivity index (χ1n) is 19.3. The standard InChI is InChI=1S/C39H62N8O9/c1-8-23(6)33(39(56)45-32(22(4)5)35(41)52)46-38(55)29-15-12-16-47(29)20-30(49)34(51)26(18-25-13-10-9-11-14-25)43-37(54)28(19-31(40)50)44-36(53)27(17-21(2)3)42-24(7)48/h9-11,13-14,21-23,26-30,32-33,49H,8,12,15-20H2,1-7H3,(H2,40,50)(H2,41,52)(H,42,48)(H,43,54)(H,44,53)(H,45,56)(H,46,55)/t23-,26-,27-,28-,29-,30+,32-,33-/m0/s1. The SMILES string of the molecule is CC[C@H](C)[C@H](NC(=O)[C@@H]1CCCN1C[C@@H](O)C(=O)[C@H](Cc1ccccc1)NC(=O)[C@H](CC(N)=O)NC(=O)[C@H](CC(C)C)NC(C)=O)C(=O)N[C@H](C(N)=O)C(C)C. The molecule has 312 valence electrons. The largest absolute Gasteiger partial charge is 0.384 e. The number of β-amino-alcohol motifs (C(OH)–C–C–N with tert-alkyl or cyclic N) is 1. The van der Waals surface area contributed by atoms with Crippen molar-refractivity contribution in [1.82, 2.24) is 31.5 Å². The first-order valence-corrected chi connectivity index (χ1v) is 19.3. The van der Waals surface area contributed by atoms with E-state index in [1.807, 2.05) is 20.8 Å². The van der Waals surface area contributed by atoms with Gasteiger partial charge in [0.2, 0.25) is 41.4 Å². The lowest BCUT2D eigenvalue weighted by Gasteiger charge is -2.31. The van der Waals surface area contributed by atoms with Crippen molar-refractivity contribution in [3.05, 3.63) is 35.9 Å². The van der Waals surface area contributed by atoms with Crippen LogP contribution in [0.25, 0.3) is 0 Å². The second kappa shape index (κ2) is 22.6. The minimum atomic E-state index is -1.69. The van der Waals surface area contributed by atoms with Crippen molar-refractivity contribution in [1.29, 1.82) is 0 Å². The summed E-state index contributed by atoms with van der Waals surface area (Å²) in [7, 11) is 0. The van der Waals surface area contributed by atoms with Gasteiger partial charge in [0, 0.05) is 13.5 Å². The van der Waals surface area contributed by atoms with Crippen LogP contribution in [0, 0.1) is 17.8 Å². The molecule has 2 rings (SSSR count). The van der Waals surface area contributed by atoms with Crippen molar-refractivity contribution < 1.29 is 43.5 Å². The molecule has 0 unspecified atom stereocenters. The average Bonchev–Trinajstić information content (AvgIpc) is 3.58. The van der Waals surface area contributed by atoms with E-state index in [0.717, 1.165) is 0 Å². The molecule has 0 aromatic heterocycles. The van der Waals surface area contributed by atoms with Crippen LogP contribution in [-0.4, -0.2) is 113 Å². The maximum absolute atomic E-state index is 14.0. The number of amides is 7. The molecule has 0 spiro atoms. The highest BCUT2D eigenvalue weighted by Crippen LogP contribution is 2.20. The Bertz CT molecular complexity index is 1540. The van der Waals surface area contributed by atoms with Crippen LogP contribution in [0.2, 0.25) is 0 Å². The number of benzene rings is 1. The minimum absolute atomic E-state index is 0.0109. The molecule has 1 aliphatic rings. The molecule has 1 aromatic carbocycles. The zero-order chi connectivity index (χ0) is 42.3. The van der Waals surface area contributed by atoms with Crippen LogP contribution in [0.3, 0.4) is 0 Å². The van der Waals surface area contributed by atoms with Gasteiger partial charge >= 0.3 is 0 Å². The van der Waals surface area contributed by atoms with Crippen molar-refractivity contribution in [3.63, 3.8) is 0 Å². The first-order chi connectivity index (χ1) is 26.2. The molecule has 1 heterocycles. The van der Waals surface area contributed by atoms with E-state index in [1.165, 1.54) is 6.92 Å². The number of rotatable bonds is 23. The van der Waals surface area contributed by atoms with E-state index in [1.54, 1.807) is 56.0 Å². The van der Waals surface area contributed by atoms with E-state index in [9.17, 15) is 43.5 Å². The Morgan fingerprint density at radius 3 is 1.95 bits per heavy atom. The van der Waals surface area contributed by atoms with Crippen molar-refractivity contribution in [2.24, 2.45) is 29.2 Å². The number of carbonyl (C=O) groups excluding carboxylic acids is 8. The number of hydrogen-bond acceptors (Lipinski definition) is 10. The highest BCUT2D eigenvalue weighted by atomic mass is 16.3. The third-order valence-corrected chi connectivity index (χ3v) is 9.85. The molecule has 7 amide bonds.